The van der Waals surface area contributed by atoms with Crippen LogP contribution in [0.3, 0.4) is 0 Å². The summed E-state index contributed by atoms with van der Waals surface area (Å²) in [5.74, 6) is 0.952. The van der Waals surface area contributed by atoms with E-state index in [1.807, 2.05) is 30.3 Å². The number of benzene rings is 2. The lowest BCUT2D eigenvalue weighted by Gasteiger charge is -2.30. The van der Waals surface area contributed by atoms with E-state index in [1.54, 1.807) is 0 Å². The summed E-state index contributed by atoms with van der Waals surface area (Å²) < 4.78 is 6.50. The van der Waals surface area contributed by atoms with Gasteiger partial charge in [-0.3, -0.25) is 0 Å². The quantitative estimate of drug-likeness (QED) is 0.871. The molecule has 0 fully saturated rings. The molecule has 0 saturated carbocycles. The van der Waals surface area contributed by atoms with Crippen LogP contribution in [0.2, 0.25) is 0 Å². The summed E-state index contributed by atoms with van der Waals surface area (Å²) in [5, 5.41) is 9.82. The van der Waals surface area contributed by atoms with Gasteiger partial charge in [0.1, 0.15) is 5.75 Å². The first-order chi connectivity index (χ1) is 8.74. The highest BCUT2D eigenvalue weighted by Gasteiger charge is 2.28. The van der Waals surface area contributed by atoms with E-state index in [9.17, 15) is 5.11 Å². The van der Waals surface area contributed by atoms with Crippen LogP contribution in [0.5, 0.6) is 5.75 Å². The molecule has 2 atom stereocenters. The van der Waals surface area contributed by atoms with Gasteiger partial charge in [0.25, 0.3) is 0 Å². The van der Waals surface area contributed by atoms with E-state index in [0.29, 0.717) is 6.42 Å². The smallest absolute Gasteiger partial charge is 0.198 e. The van der Waals surface area contributed by atoms with Gasteiger partial charge in [-0.05, 0) is 23.8 Å². The van der Waals surface area contributed by atoms with Crippen molar-refractivity contribution in [3.8, 4) is 5.75 Å². The van der Waals surface area contributed by atoms with Gasteiger partial charge in [0, 0.05) is 22.4 Å². The maximum absolute atomic E-state index is 9.82. The highest BCUT2D eigenvalue weighted by molar-refractivity contribution is 9.10. The van der Waals surface area contributed by atoms with Crippen LogP contribution >= 0.6 is 15.9 Å². The minimum absolute atomic E-state index is 0.183. The van der Waals surface area contributed by atoms with E-state index in [0.717, 1.165) is 15.8 Å². The van der Waals surface area contributed by atoms with Crippen LogP contribution in [0.4, 0.5) is 0 Å². The fourth-order valence-corrected chi connectivity index (χ4v) is 2.80. The predicted molar refractivity (Wildman–Crippen MR) is 73.7 cm³/mol. The predicted octanol–water partition coefficient (Wildman–Crippen LogP) is 3.68. The number of hydrogen-bond acceptors (Lipinski definition) is 2. The van der Waals surface area contributed by atoms with E-state index in [2.05, 4.69) is 34.1 Å². The Balaban J connectivity index is 2.09. The number of ether oxygens (including phenoxy) is 1. The molecule has 18 heavy (non-hydrogen) atoms. The highest BCUT2D eigenvalue weighted by Crippen LogP contribution is 2.40. The molecule has 0 saturated heterocycles. The average molecular weight is 305 g/mol. The molecule has 1 heterocycles. The third kappa shape index (κ3) is 2.16. The molecular formula is C15H13BrO2. The Bertz CT molecular complexity index is 554. The second kappa shape index (κ2) is 4.75. The molecule has 2 aromatic rings. The number of fused-ring (bicyclic) bond motifs is 1. The van der Waals surface area contributed by atoms with Crippen LogP contribution in [0.1, 0.15) is 23.5 Å². The van der Waals surface area contributed by atoms with Crippen LogP contribution in [-0.4, -0.2) is 11.4 Å². The number of hydrogen-bond donors (Lipinski definition) is 1. The Kier molecular flexibility index (Phi) is 3.10. The minimum Gasteiger partial charge on any atom is -0.465 e. The normalized spacial score (nSPS) is 22.1. The Morgan fingerprint density at radius 3 is 2.67 bits per heavy atom. The van der Waals surface area contributed by atoms with E-state index < -0.39 is 6.29 Å². The number of halogens is 1. The van der Waals surface area contributed by atoms with Crippen LogP contribution in [0.15, 0.2) is 53.0 Å². The lowest BCUT2D eigenvalue weighted by atomic mass is 9.86. The van der Waals surface area contributed by atoms with Gasteiger partial charge in [0.2, 0.25) is 0 Å². The van der Waals surface area contributed by atoms with Gasteiger partial charge >= 0.3 is 0 Å². The van der Waals surface area contributed by atoms with Gasteiger partial charge in [-0.15, -0.1) is 0 Å². The summed E-state index contributed by atoms with van der Waals surface area (Å²) >= 11 is 3.49. The maximum Gasteiger partial charge on any atom is 0.198 e. The maximum atomic E-state index is 9.82. The van der Waals surface area contributed by atoms with Crippen molar-refractivity contribution in [2.75, 3.05) is 0 Å². The SMILES string of the molecule is OC1CC(c2ccccc2)c2cc(Br)ccc2O1. The van der Waals surface area contributed by atoms with Crippen molar-refractivity contribution in [1.29, 1.82) is 0 Å². The standard InChI is InChI=1S/C15H13BrO2/c16-11-6-7-14-13(8-11)12(9-15(17)18-14)10-4-2-1-3-5-10/h1-8,12,15,17H,9H2. The van der Waals surface area contributed by atoms with Crippen LogP contribution in [0, 0.1) is 0 Å². The topological polar surface area (TPSA) is 29.5 Å². The second-order valence-corrected chi connectivity index (χ2v) is 5.37. The lowest BCUT2D eigenvalue weighted by molar-refractivity contribution is -0.0359. The van der Waals surface area contributed by atoms with E-state index >= 15 is 0 Å². The summed E-state index contributed by atoms with van der Waals surface area (Å²) in [6.07, 6.45) is -0.142. The molecule has 1 aliphatic rings. The number of aliphatic hydroxyl groups is 1. The van der Waals surface area contributed by atoms with Crippen LogP contribution in [0.25, 0.3) is 0 Å². The second-order valence-electron chi connectivity index (χ2n) is 4.45. The first-order valence-electron chi connectivity index (χ1n) is 5.93. The van der Waals surface area contributed by atoms with Crippen molar-refractivity contribution in [1.82, 2.24) is 0 Å². The fourth-order valence-electron chi connectivity index (χ4n) is 2.42. The van der Waals surface area contributed by atoms with Crippen molar-refractivity contribution in [2.45, 2.75) is 18.6 Å². The Labute approximate surface area is 114 Å². The molecule has 0 spiro atoms. The zero-order valence-corrected chi connectivity index (χ0v) is 11.3. The summed E-state index contributed by atoms with van der Waals surface area (Å²) in [4.78, 5) is 0. The molecule has 1 aliphatic heterocycles. The molecule has 92 valence electrons. The summed E-state index contributed by atoms with van der Waals surface area (Å²) in [6, 6.07) is 16.1. The van der Waals surface area contributed by atoms with Gasteiger partial charge in [0.05, 0.1) is 0 Å². The Morgan fingerprint density at radius 2 is 1.89 bits per heavy atom. The Morgan fingerprint density at radius 1 is 1.11 bits per heavy atom. The molecule has 0 bridgehead atoms. The number of aliphatic hydroxyl groups excluding tert-OH is 1. The van der Waals surface area contributed by atoms with Gasteiger partial charge in [0.15, 0.2) is 6.29 Å². The van der Waals surface area contributed by atoms with Gasteiger partial charge in [-0.25, -0.2) is 0 Å². The van der Waals surface area contributed by atoms with E-state index in [4.69, 9.17) is 4.74 Å². The number of rotatable bonds is 1. The third-order valence-corrected chi connectivity index (χ3v) is 3.74. The zero-order valence-electron chi connectivity index (χ0n) is 9.71. The van der Waals surface area contributed by atoms with E-state index in [1.165, 1.54) is 5.56 Å². The average Bonchev–Trinajstić information content (AvgIpc) is 2.39. The molecule has 0 amide bonds. The molecule has 2 aromatic carbocycles. The summed E-state index contributed by atoms with van der Waals surface area (Å²) in [7, 11) is 0. The van der Waals surface area contributed by atoms with Crippen molar-refractivity contribution in [3.63, 3.8) is 0 Å². The molecule has 2 unspecified atom stereocenters. The third-order valence-electron chi connectivity index (χ3n) is 3.25. The first kappa shape index (κ1) is 11.8. The minimum atomic E-state index is -0.733. The zero-order chi connectivity index (χ0) is 12.5. The van der Waals surface area contributed by atoms with Gasteiger partial charge < -0.3 is 9.84 Å². The van der Waals surface area contributed by atoms with Crippen molar-refractivity contribution < 1.29 is 9.84 Å². The van der Waals surface area contributed by atoms with Crippen molar-refractivity contribution in [2.24, 2.45) is 0 Å². The van der Waals surface area contributed by atoms with Crippen molar-refractivity contribution in [3.05, 3.63) is 64.1 Å². The van der Waals surface area contributed by atoms with E-state index in [-0.39, 0.29) is 5.92 Å². The molecule has 1 N–H and O–H groups in total. The molecule has 3 heteroatoms. The first-order valence-corrected chi connectivity index (χ1v) is 6.72. The summed E-state index contributed by atoms with van der Waals surface area (Å²) in [6.45, 7) is 0. The Hall–Kier alpha value is -1.32. The van der Waals surface area contributed by atoms with Gasteiger partial charge in [-0.2, -0.15) is 0 Å². The fraction of sp³-hybridized carbons (Fsp3) is 0.200. The summed E-state index contributed by atoms with van der Waals surface area (Å²) in [5.41, 5.74) is 2.33. The van der Waals surface area contributed by atoms with Gasteiger partial charge in [-0.1, -0.05) is 46.3 Å². The lowest BCUT2D eigenvalue weighted by Crippen LogP contribution is -2.25. The largest absolute Gasteiger partial charge is 0.465 e. The molecule has 3 rings (SSSR count). The molecule has 0 aliphatic carbocycles. The molecule has 0 aromatic heterocycles. The molecule has 2 nitrogen and oxygen atoms in total. The molecule has 0 radical (unpaired) electrons. The van der Waals surface area contributed by atoms with Crippen molar-refractivity contribution >= 4 is 15.9 Å². The molecular weight excluding hydrogens is 292 g/mol. The van der Waals surface area contributed by atoms with Crippen LogP contribution in [-0.2, 0) is 0 Å². The van der Waals surface area contributed by atoms with Crippen LogP contribution < -0.4 is 4.74 Å². The monoisotopic (exact) mass is 304 g/mol. The highest BCUT2D eigenvalue weighted by atomic mass is 79.9.